The molecule has 4 N–H and O–H groups in total. The van der Waals surface area contributed by atoms with E-state index in [2.05, 4.69) is 15.3 Å². The summed E-state index contributed by atoms with van der Waals surface area (Å²) < 4.78 is 5.07. The van der Waals surface area contributed by atoms with E-state index in [1.807, 2.05) is 0 Å². The number of para-hydroxylation sites is 1. The van der Waals surface area contributed by atoms with Crippen LogP contribution in [0.3, 0.4) is 0 Å². The highest BCUT2D eigenvalue weighted by Gasteiger charge is 2.15. The number of nitrogens with zero attached hydrogens (tertiary/aromatic N) is 1. The number of hydrogen-bond acceptors (Lipinski definition) is 4. The number of primary amides is 1. The second-order valence-corrected chi connectivity index (χ2v) is 4.83. The van der Waals surface area contributed by atoms with E-state index in [-0.39, 0.29) is 11.7 Å². The highest BCUT2D eigenvalue weighted by molar-refractivity contribution is 6.12. The molecule has 7 nitrogen and oxygen atoms in total. The monoisotopic (exact) mass is 310 g/mol. The van der Waals surface area contributed by atoms with Gasteiger partial charge in [0.05, 0.1) is 18.2 Å². The van der Waals surface area contributed by atoms with Gasteiger partial charge in [-0.25, -0.2) is 4.98 Å². The molecule has 0 saturated heterocycles. The van der Waals surface area contributed by atoms with Crippen molar-refractivity contribution in [2.45, 2.75) is 0 Å². The summed E-state index contributed by atoms with van der Waals surface area (Å²) in [6.07, 6.45) is 0. The van der Waals surface area contributed by atoms with Crippen molar-refractivity contribution < 1.29 is 14.3 Å². The van der Waals surface area contributed by atoms with Crippen LogP contribution in [0.4, 0.5) is 5.69 Å². The number of aromatic amines is 1. The van der Waals surface area contributed by atoms with Gasteiger partial charge < -0.3 is 20.8 Å². The molecular weight excluding hydrogens is 296 g/mol. The summed E-state index contributed by atoms with van der Waals surface area (Å²) >= 11 is 0. The van der Waals surface area contributed by atoms with Crippen molar-refractivity contribution in [2.24, 2.45) is 5.73 Å². The fourth-order valence-corrected chi connectivity index (χ4v) is 2.20. The van der Waals surface area contributed by atoms with Gasteiger partial charge in [0.25, 0.3) is 11.8 Å². The molecule has 1 heterocycles. The van der Waals surface area contributed by atoms with Crippen molar-refractivity contribution in [1.82, 2.24) is 9.97 Å². The van der Waals surface area contributed by atoms with Gasteiger partial charge >= 0.3 is 0 Å². The van der Waals surface area contributed by atoms with Crippen molar-refractivity contribution in [3.05, 3.63) is 53.9 Å². The van der Waals surface area contributed by atoms with Gasteiger partial charge in [0.15, 0.2) is 5.82 Å². The largest absolute Gasteiger partial charge is 0.497 e. The molecule has 3 rings (SSSR count). The maximum atomic E-state index is 12.4. The fourth-order valence-electron chi connectivity index (χ4n) is 2.20. The summed E-state index contributed by atoms with van der Waals surface area (Å²) in [6, 6.07) is 12.0. The molecule has 23 heavy (non-hydrogen) atoms. The van der Waals surface area contributed by atoms with Gasteiger partial charge in [0, 0.05) is 5.69 Å². The molecule has 0 aliphatic carbocycles. The minimum atomic E-state index is -0.678. The van der Waals surface area contributed by atoms with Crippen molar-refractivity contribution >= 4 is 28.5 Å². The Labute approximate surface area is 131 Å². The molecule has 1 aromatic heterocycles. The average Bonchev–Trinajstić information content (AvgIpc) is 3.00. The Morgan fingerprint density at radius 1 is 1.17 bits per heavy atom. The van der Waals surface area contributed by atoms with E-state index in [0.29, 0.717) is 28.0 Å². The van der Waals surface area contributed by atoms with E-state index in [0.717, 1.165) is 0 Å². The summed E-state index contributed by atoms with van der Waals surface area (Å²) in [5.74, 6) is -0.292. The van der Waals surface area contributed by atoms with Gasteiger partial charge in [-0.1, -0.05) is 6.07 Å². The normalized spacial score (nSPS) is 10.5. The summed E-state index contributed by atoms with van der Waals surface area (Å²) in [7, 11) is 1.57. The molecule has 0 unspecified atom stereocenters. The number of nitrogens with one attached hydrogen (secondary N) is 2. The second-order valence-electron chi connectivity index (χ2n) is 4.83. The maximum Gasteiger partial charge on any atom is 0.284 e. The van der Waals surface area contributed by atoms with Crippen LogP contribution in [0.25, 0.3) is 11.0 Å². The predicted molar refractivity (Wildman–Crippen MR) is 85.6 cm³/mol. The van der Waals surface area contributed by atoms with E-state index in [9.17, 15) is 9.59 Å². The molecule has 0 atom stereocenters. The van der Waals surface area contributed by atoms with Gasteiger partial charge in [-0.2, -0.15) is 0 Å². The zero-order valence-electron chi connectivity index (χ0n) is 12.3. The number of ether oxygens (including phenoxy) is 1. The van der Waals surface area contributed by atoms with Crippen molar-refractivity contribution in [3.63, 3.8) is 0 Å². The molecule has 0 fully saturated rings. The Hall–Kier alpha value is -3.35. The van der Waals surface area contributed by atoms with Gasteiger partial charge in [0.2, 0.25) is 0 Å². The van der Waals surface area contributed by atoms with Gasteiger partial charge in [-0.05, 0) is 36.4 Å². The second kappa shape index (κ2) is 5.80. The Balaban J connectivity index is 1.92. The Morgan fingerprint density at radius 3 is 2.57 bits per heavy atom. The predicted octanol–water partition coefficient (Wildman–Crippen LogP) is 1.92. The molecule has 0 spiro atoms. The van der Waals surface area contributed by atoms with Gasteiger partial charge in [-0.3, -0.25) is 9.59 Å². The first-order valence-corrected chi connectivity index (χ1v) is 6.82. The highest BCUT2D eigenvalue weighted by atomic mass is 16.5. The molecule has 0 radical (unpaired) electrons. The molecule has 0 aliphatic heterocycles. The van der Waals surface area contributed by atoms with Crippen LogP contribution in [0.1, 0.15) is 21.0 Å². The zero-order chi connectivity index (χ0) is 16.4. The molecule has 2 amide bonds. The Kier molecular flexibility index (Phi) is 3.68. The quantitative estimate of drug-likeness (QED) is 0.683. The number of hydrogen-bond donors (Lipinski definition) is 3. The van der Waals surface area contributed by atoms with Crippen LogP contribution in [0.15, 0.2) is 42.5 Å². The first kappa shape index (κ1) is 14.6. The van der Waals surface area contributed by atoms with Crippen molar-refractivity contribution in [1.29, 1.82) is 0 Å². The number of methoxy groups -OCH3 is 1. The lowest BCUT2D eigenvalue weighted by Crippen LogP contribution is -2.13. The third kappa shape index (κ3) is 2.84. The third-order valence-corrected chi connectivity index (χ3v) is 3.34. The van der Waals surface area contributed by atoms with Crippen molar-refractivity contribution in [3.8, 4) is 5.75 Å². The maximum absolute atomic E-state index is 12.4. The van der Waals surface area contributed by atoms with Gasteiger partial charge in [0.1, 0.15) is 11.3 Å². The number of benzene rings is 2. The number of rotatable bonds is 4. The van der Waals surface area contributed by atoms with E-state index < -0.39 is 5.91 Å². The number of anilines is 1. The number of carbonyl (C=O) groups is 2. The first-order chi connectivity index (χ1) is 11.1. The SMILES string of the molecule is COc1ccc(NC(=O)c2cccc3[nH]c(C(N)=O)nc23)cc1. The smallest absolute Gasteiger partial charge is 0.284 e. The summed E-state index contributed by atoms with van der Waals surface area (Å²) in [5.41, 5.74) is 7.15. The fraction of sp³-hybridized carbons (Fsp3) is 0.0625. The lowest BCUT2D eigenvalue weighted by molar-refractivity contribution is 0.0989. The number of imidazole rings is 1. The van der Waals surface area contributed by atoms with Crippen LogP contribution >= 0.6 is 0 Å². The summed E-state index contributed by atoms with van der Waals surface area (Å²) in [6.45, 7) is 0. The Bertz CT molecular complexity index is 884. The summed E-state index contributed by atoms with van der Waals surface area (Å²) in [5, 5.41) is 2.78. The molecular formula is C16H14N4O3. The minimum Gasteiger partial charge on any atom is -0.497 e. The van der Waals surface area contributed by atoms with Crippen LogP contribution in [0, 0.1) is 0 Å². The number of fused-ring (bicyclic) bond motifs is 1. The highest BCUT2D eigenvalue weighted by Crippen LogP contribution is 2.20. The van der Waals surface area contributed by atoms with E-state index in [4.69, 9.17) is 10.5 Å². The molecule has 0 saturated carbocycles. The lowest BCUT2D eigenvalue weighted by Gasteiger charge is -2.06. The van der Waals surface area contributed by atoms with E-state index in [1.165, 1.54) is 0 Å². The molecule has 3 aromatic rings. The number of amides is 2. The number of nitrogens with two attached hydrogens (primary N) is 1. The van der Waals surface area contributed by atoms with Crippen molar-refractivity contribution in [2.75, 3.05) is 12.4 Å². The van der Waals surface area contributed by atoms with Crippen LogP contribution in [0.2, 0.25) is 0 Å². The minimum absolute atomic E-state index is 0.0182. The summed E-state index contributed by atoms with van der Waals surface area (Å²) in [4.78, 5) is 30.5. The number of H-pyrrole nitrogens is 1. The third-order valence-electron chi connectivity index (χ3n) is 3.34. The van der Waals surface area contributed by atoms with Gasteiger partial charge in [-0.15, -0.1) is 0 Å². The zero-order valence-corrected chi connectivity index (χ0v) is 12.3. The molecule has 0 aliphatic rings. The standard InChI is InChI=1S/C16H14N4O3/c1-23-10-7-5-9(6-8-10)18-16(22)11-3-2-4-12-13(11)20-15(19-12)14(17)21/h2-8H,1H3,(H2,17,21)(H,18,22)(H,19,20). The van der Waals surface area contributed by atoms with E-state index >= 15 is 0 Å². The van der Waals surface area contributed by atoms with Crippen LogP contribution in [-0.2, 0) is 0 Å². The first-order valence-electron chi connectivity index (χ1n) is 6.82. The average molecular weight is 310 g/mol. The van der Waals surface area contributed by atoms with Crippen LogP contribution in [-0.4, -0.2) is 28.9 Å². The molecule has 0 bridgehead atoms. The molecule has 2 aromatic carbocycles. The number of carbonyl (C=O) groups excluding carboxylic acids is 2. The van der Waals surface area contributed by atoms with Crippen LogP contribution < -0.4 is 15.8 Å². The Morgan fingerprint density at radius 2 is 1.91 bits per heavy atom. The number of aromatic nitrogens is 2. The molecule has 7 heteroatoms. The molecule has 116 valence electrons. The van der Waals surface area contributed by atoms with E-state index in [1.54, 1.807) is 49.6 Å². The lowest BCUT2D eigenvalue weighted by atomic mass is 10.1. The van der Waals surface area contributed by atoms with Crippen LogP contribution in [0.5, 0.6) is 5.75 Å². The topological polar surface area (TPSA) is 110 Å².